The number of anilines is 1. The number of benzene rings is 3. The predicted octanol–water partition coefficient (Wildman–Crippen LogP) is 4.37. The second kappa shape index (κ2) is 11.0. The van der Waals surface area contributed by atoms with Gasteiger partial charge in [-0.1, -0.05) is 18.2 Å². The van der Waals surface area contributed by atoms with Gasteiger partial charge in [0.2, 0.25) is 0 Å². The van der Waals surface area contributed by atoms with Crippen molar-refractivity contribution in [1.29, 1.82) is 0 Å². The highest BCUT2D eigenvalue weighted by Gasteiger charge is 2.17. The summed E-state index contributed by atoms with van der Waals surface area (Å²) >= 11 is 0. The molecule has 0 unspecified atom stereocenters. The van der Waals surface area contributed by atoms with Crippen molar-refractivity contribution >= 4 is 21.6 Å². The highest BCUT2D eigenvalue weighted by atomic mass is 32.2. The van der Waals surface area contributed by atoms with Gasteiger partial charge < -0.3 is 14.4 Å². The maximum atomic E-state index is 13.8. The molecule has 3 aromatic rings. The summed E-state index contributed by atoms with van der Waals surface area (Å²) in [6, 6.07) is 17.2. The topological polar surface area (TPSA) is 84.9 Å². The first kappa shape index (κ1) is 25.0. The smallest absolute Gasteiger partial charge is 0.261 e. The number of carbonyl (C=O) groups is 1. The zero-order valence-corrected chi connectivity index (χ0v) is 20.1. The van der Waals surface area contributed by atoms with Gasteiger partial charge in [0.05, 0.1) is 11.5 Å². The van der Waals surface area contributed by atoms with Crippen LogP contribution >= 0.6 is 0 Å². The van der Waals surface area contributed by atoms with E-state index in [1.54, 1.807) is 56.4 Å². The van der Waals surface area contributed by atoms with Gasteiger partial charge >= 0.3 is 0 Å². The minimum Gasteiger partial charge on any atom is -0.494 e. The maximum absolute atomic E-state index is 13.8. The molecule has 0 aliphatic rings. The van der Waals surface area contributed by atoms with E-state index in [1.165, 1.54) is 29.2 Å². The fourth-order valence-electron chi connectivity index (χ4n) is 3.17. The van der Waals surface area contributed by atoms with Gasteiger partial charge in [0.25, 0.3) is 15.9 Å². The molecule has 1 amide bonds. The van der Waals surface area contributed by atoms with Gasteiger partial charge in [0, 0.05) is 24.8 Å². The van der Waals surface area contributed by atoms with E-state index in [1.807, 2.05) is 6.92 Å². The van der Waals surface area contributed by atoms with Crippen molar-refractivity contribution in [2.45, 2.75) is 25.3 Å². The Morgan fingerprint density at radius 2 is 1.74 bits per heavy atom. The summed E-state index contributed by atoms with van der Waals surface area (Å²) in [5, 5.41) is 0. The lowest BCUT2D eigenvalue weighted by atomic mass is 10.2. The Kier molecular flexibility index (Phi) is 8.12. The quantitative estimate of drug-likeness (QED) is 0.460. The van der Waals surface area contributed by atoms with E-state index in [9.17, 15) is 17.6 Å². The van der Waals surface area contributed by atoms with Crippen molar-refractivity contribution in [1.82, 2.24) is 4.90 Å². The molecule has 0 fully saturated rings. The number of rotatable bonds is 10. The molecule has 0 aliphatic heterocycles. The van der Waals surface area contributed by atoms with Crippen LogP contribution in [0.25, 0.3) is 0 Å². The maximum Gasteiger partial charge on any atom is 0.261 e. The molecule has 0 saturated carbocycles. The SMILES string of the molecule is CCOc1ccc(NS(=O)(=O)c2ccc(OCC(=O)N(C)Cc3ccccc3F)c(C)c2)cc1. The lowest BCUT2D eigenvalue weighted by Gasteiger charge is -2.18. The number of ether oxygens (including phenoxy) is 2. The molecule has 0 saturated heterocycles. The molecule has 9 heteroatoms. The van der Waals surface area contributed by atoms with Crippen LogP contribution in [0.5, 0.6) is 11.5 Å². The highest BCUT2D eigenvalue weighted by Crippen LogP contribution is 2.24. The zero-order valence-electron chi connectivity index (χ0n) is 19.2. The molecule has 0 aliphatic carbocycles. The zero-order chi connectivity index (χ0) is 24.7. The van der Waals surface area contributed by atoms with E-state index in [-0.39, 0.29) is 29.8 Å². The van der Waals surface area contributed by atoms with E-state index in [4.69, 9.17) is 9.47 Å². The number of hydrogen-bond acceptors (Lipinski definition) is 5. The average molecular weight is 487 g/mol. The third-order valence-electron chi connectivity index (χ3n) is 5.02. The van der Waals surface area contributed by atoms with Crippen molar-refractivity contribution in [2.24, 2.45) is 0 Å². The van der Waals surface area contributed by atoms with E-state index in [0.717, 1.165) is 0 Å². The van der Waals surface area contributed by atoms with Crippen molar-refractivity contribution < 1.29 is 27.1 Å². The number of carbonyl (C=O) groups excluding carboxylic acids is 1. The second-order valence-corrected chi connectivity index (χ2v) is 9.30. The fourth-order valence-corrected chi connectivity index (χ4v) is 4.31. The van der Waals surface area contributed by atoms with E-state index < -0.39 is 10.0 Å². The monoisotopic (exact) mass is 486 g/mol. The number of nitrogens with zero attached hydrogens (tertiary/aromatic N) is 1. The molecule has 0 aromatic heterocycles. The molecule has 0 bridgehead atoms. The summed E-state index contributed by atoms with van der Waals surface area (Å²) in [6.07, 6.45) is 0. The lowest BCUT2D eigenvalue weighted by molar-refractivity contribution is -0.132. The third-order valence-corrected chi connectivity index (χ3v) is 6.40. The number of halogens is 1. The molecule has 7 nitrogen and oxygen atoms in total. The van der Waals surface area contributed by atoms with Crippen LogP contribution < -0.4 is 14.2 Å². The molecule has 3 aromatic carbocycles. The van der Waals surface area contributed by atoms with Gasteiger partial charge in [0.15, 0.2) is 6.61 Å². The average Bonchev–Trinajstić information content (AvgIpc) is 2.80. The van der Waals surface area contributed by atoms with Gasteiger partial charge in [-0.25, -0.2) is 12.8 Å². The number of sulfonamides is 1. The molecule has 0 heterocycles. The molecule has 34 heavy (non-hydrogen) atoms. The van der Waals surface area contributed by atoms with Crippen LogP contribution in [-0.4, -0.2) is 39.5 Å². The Labute approximate surface area is 199 Å². The standard InChI is InChI=1S/C25H27FN2O5S/c1-4-32-21-11-9-20(10-12-21)27-34(30,31)22-13-14-24(18(2)15-22)33-17-25(29)28(3)16-19-7-5-6-8-23(19)26/h5-15,27H,4,16-17H2,1-3H3. The highest BCUT2D eigenvalue weighted by molar-refractivity contribution is 7.92. The largest absolute Gasteiger partial charge is 0.494 e. The summed E-state index contributed by atoms with van der Waals surface area (Å²) in [6.45, 7) is 3.93. The molecule has 0 spiro atoms. The Morgan fingerprint density at radius 3 is 2.38 bits per heavy atom. The van der Waals surface area contributed by atoms with Crippen molar-refractivity contribution in [2.75, 3.05) is 25.0 Å². The first-order valence-electron chi connectivity index (χ1n) is 10.7. The molecule has 3 rings (SSSR count). The van der Waals surface area contributed by atoms with Crippen LogP contribution in [0, 0.1) is 12.7 Å². The number of aryl methyl sites for hydroxylation is 1. The Hall–Kier alpha value is -3.59. The number of amides is 1. The van der Waals surface area contributed by atoms with Crippen molar-refractivity contribution in [3.63, 3.8) is 0 Å². The number of hydrogen-bond donors (Lipinski definition) is 1. The molecular weight excluding hydrogens is 459 g/mol. The van der Waals surface area contributed by atoms with Crippen LogP contribution in [0.4, 0.5) is 10.1 Å². The van der Waals surface area contributed by atoms with E-state index in [2.05, 4.69) is 4.72 Å². The second-order valence-electron chi connectivity index (χ2n) is 7.62. The summed E-state index contributed by atoms with van der Waals surface area (Å²) in [4.78, 5) is 13.8. The Morgan fingerprint density at radius 1 is 1.03 bits per heavy atom. The van der Waals surface area contributed by atoms with Crippen LogP contribution in [0.3, 0.4) is 0 Å². The van der Waals surface area contributed by atoms with E-state index >= 15 is 0 Å². The first-order valence-corrected chi connectivity index (χ1v) is 12.1. The van der Waals surface area contributed by atoms with Gasteiger partial charge in [-0.15, -0.1) is 0 Å². The molecule has 0 atom stereocenters. The summed E-state index contributed by atoms with van der Waals surface area (Å²) < 4.78 is 52.8. The fraction of sp³-hybridized carbons (Fsp3) is 0.240. The third kappa shape index (κ3) is 6.48. The van der Waals surface area contributed by atoms with Crippen molar-refractivity contribution in [3.05, 3.63) is 83.7 Å². The Balaban J connectivity index is 1.61. The minimum atomic E-state index is -3.82. The van der Waals surface area contributed by atoms with E-state index in [0.29, 0.717) is 34.9 Å². The summed E-state index contributed by atoms with van der Waals surface area (Å²) in [5.41, 5.74) is 1.37. The Bertz CT molecular complexity index is 1250. The molecule has 1 N–H and O–H groups in total. The van der Waals surface area contributed by atoms with Crippen LogP contribution in [-0.2, 0) is 21.4 Å². The first-order chi connectivity index (χ1) is 16.2. The van der Waals surface area contributed by atoms with Crippen LogP contribution in [0.15, 0.2) is 71.6 Å². The summed E-state index contributed by atoms with van der Waals surface area (Å²) in [7, 11) is -2.26. The van der Waals surface area contributed by atoms with Gasteiger partial charge in [-0.05, 0) is 67.9 Å². The lowest BCUT2D eigenvalue weighted by Crippen LogP contribution is -2.31. The number of likely N-dealkylation sites (N-methyl/N-ethyl adjacent to an activating group) is 1. The van der Waals surface area contributed by atoms with Gasteiger partial charge in [-0.3, -0.25) is 9.52 Å². The minimum absolute atomic E-state index is 0.0641. The normalized spacial score (nSPS) is 11.1. The number of nitrogens with one attached hydrogen (secondary N) is 1. The molecular formula is C25H27FN2O5S. The summed E-state index contributed by atoms with van der Waals surface area (Å²) in [5.74, 6) is 0.315. The molecule has 180 valence electrons. The van der Waals surface area contributed by atoms with Crippen molar-refractivity contribution in [3.8, 4) is 11.5 Å². The van der Waals surface area contributed by atoms with Gasteiger partial charge in [0.1, 0.15) is 17.3 Å². The van der Waals surface area contributed by atoms with Gasteiger partial charge in [-0.2, -0.15) is 0 Å². The predicted molar refractivity (Wildman–Crippen MR) is 128 cm³/mol. The van der Waals surface area contributed by atoms with Crippen LogP contribution in [0.1, 0.15) is 18.1 Å². The van der Waals surface area contributed by atoms with Crippen LogP contribution in [0.2, 0.25) is 0 Å². The molecule has 0 radical (unpaired) electrons.